The van der Waals surface area contributed by atoms with E-state index in [0.29, 0.717) is 11.3 Å². The molecule has 0 heterocycles. The maximum absolute atomic E-state index is 9.41. The number of nitriles is 1. The van der Waals surface area contributed by atoms with Crippen molar-refractivity contribution in [3.8, 4) is 11.8 Å². The van der Waals surface area contributed by atoms with E-state index in [1.807, 2.05) is 19.1 Å². The summed E-state index contributed by atoms with van der Waals surface area (Å²) in [5.74, 6) is 0.620. The first-order chi connectivity index (χ1) is 7.67. The highest BCUT2D eigenvalue weighted by atomic mass is 16.5. The number of rotatable bonds is 5. The number of methoxy groups -OCH3 is 1. The molecular formula is C12H15NO3. The van der Waals surface area contributed by atoms with Crippen molar-refractivity contribution in [2.24, 2.45) is 0 Å². The van der Waals surface area contributed by atoms with E-state index in [-0.39, 0.29) is 13.2 Å². The third-order valence-electron chi connectivity index (χ3n) is 2.11. The van der Waals surface area contributed by atoms with Gasteiger partial charge in [0.25, 0.3) is 0 Å². The average molecular weight is 221 g/mol. The SMILES string of the molecule is COCC(O)COc1cc(C#N)ccc1C. The summed E-state index contributed by atoms with van der Waals surface area (Å²) >= 11 is 0. The lowest BCUT2D eigenvalue weighted by Gasteiger charge is -2.13. The second-order valence-electron chi connectivity index (χ2n) is 3.51. The fraction of sp³-hybridized carbons (Fsp3) is 0.417. The first kappa shape index (κ1) is 12.5. The Balaban J connectivity index is 2.63. The van der Waals surface area contributed by atoms with E-state index in [1.165, 1.54) is 7.11 Å². The van der Waals surface area contributed by atoms with Crippen LogP contribution in [0.15, 0.2) is 18.2 Å². The molecule has 86 valence electrons. The van der Waals surface area contributed by atoms with Gasteiger partial charge in [-0.15, -0.1) is 0 Å². The lowest BCUT2D eigenvalue weighted by Crippen LogP contribution is -2.22. The molecule has 0 amide bonds. The summed E-state index contributed by atoms with van der Waals surface area (Å²) in [4.78, 5) is 0. The monoisotopic (exact) mass is 221 g/mol. The number of hydrogen-bond acceptors (Lipinski definition) is 4. The van der Waals surface area contributed by atoms with Gasteiger partial charge in [-0.2, -0.15) is 5.26 Å². The van der Waals surface area contributed by atoms with Crippen LogP contribution in [-0.4, -0.2) is 31.5 Å². The molecular weight excluding hydrogens is 206 g/mol. The van der Waals surface area contributed by atoms with Crippen molar-refractivity contribution in [2.45, 2.75) is 13.0 Å². The van der Waals surface area contributed by atoms with Crippen LogP contribution in [0.3, 0.4) is 0 Å². The van der Waals surface area contributed by atoms with Crippen LogP contribution < -0.4 is 4.74 Å². The molecule has 1 aromatic carbocycles. The quantitative estimate of drug-likeness (QED) is 0.812. The Kier molecular flexibility index (Phi) is 4.77. The summed E-state index contributed by atoms with van der Waals surface area (Å²) in [6.07, 6.45) is -0.657. The second-order valence-corrected chi connectivity index (χ2v) is 3.51. The van der Waals surface area contributed by atoms with Crippen molar-refractivity contribution < 1.29 is 14.6 Å². The van der Waals surface area contributed by atoms with Gasteiger partial charge in [0.2, 0.25) is 0 Å². The molecule has 1 unspecified atom stereocenters. The van der Waals surface area contributed by atoms with Crippen LogP contribution in [-0.2, 0) is 4.74 Å². The number of hydrogen-bond donors (Lipinski definition) is 1. The van der Waals surface area contributed by atoms with E-state index in [1.54, 1.807) is 12.1 Å². The van der Waals surface area contributed by atoms with Crippen LogP contribution >= 0.6 is 0 Å². The lowest BCUT2D eigenvalue weighted by molar-refractivity contribution is 0.0324. The van der Waals surface area contributed by atoms with Gasteiger partial charge >= 0.3 is 0 Å². The van der Waals surface area contributed by atoms with E-state index in [2.05, 4.69) is 0 Å². The van der Waals surface area contributed by atoms with Gasteiger partial charge in [-0.05, 0) is 24.6 Å². The van der Waals surface area contributed by atoms with Crippen LogP contribution in [0.2, 0.25) is 0 Å². The normalized spacial score (nSPS) is 11.9. The molecule has 1 aromatic rings. The number of aryl methyl sites for hydroxylation is 1. The number of ether oxygens (including phenoxy) is 2. The van der Waals surface area contributed by atoms with Crippen molar-refractivity contribution in [3.63, 3.8) is 0 Å². The lowest BCUT2D eigenvalue weighted by atomic mass is 10.1. The summed E-state index contributed by atoms with van der Waals surface area (Å²) in [5.41, 5.74) is 1.48. The van der Waals surface area contributed by atoms with Crippen molar-refractivity contribution in [2.75, 3.05) is 20.3 Å². The van der Waals surface area contributed by atoms with Gasteiger partial charge in [0.1, 0.15) is 18.5 Å². The van der Waals surface area contributed by atoms with Gasteiger partial charge in [-0.1, -0.05) is 6.07 Å². The van der Waals surface area contributed by atoms with E-state index in [4.69, 9.17) is 14.7 Å². The standard InChI is InChI=1S/C12H15NO3/c1-9-3-4-10(6-13)5-12(9)16-8-11(14)7-15-2/h3-5,11,14H,7-8H2,1-2H3. The summed E-state index contributed by atoms with van der Waals surface area (Å²) in [6, 6.07) is 7.25. The van der Waals surface area contributed by atoms with Gasteiger partial charge in [-0.25, -0.2) is 0 Å². The third kappa shape index (κ3) is 3.54. The molecule has 1 atom stereocenters. The van der Waals surface area contributed by atoms with Gasteiger partial charge in [0, 0.05) is 7.11 Å². The fourth-order valence-electron chi connectivity index (χ4n) is 1.25. The minimum Gasteiger partial charge on any atom is -0.490 e. The highest BCUT2D eigenvalue weighted by molar-refractivity contribution is 5.41. The molecule has 1 rings (SSSR count). The van der Waals surface area contributed by atoms with Gasteiger partial charge in [0.05, 0.1) is 18.2 Å². The van der Waals surface area contributed by atoms with E-state index in [9.17, 15) is 5.11 Å². The molecule has 0 spiro atoms. The van der Waals surface area contributed by atoms with Crippen LogP contribution in [0.25, 0.3) is 0 Å². The zero-order valence-electron chi connectivity index (χ0n) is 9.43. The van der Waals surface area contributed by atoms with Gasteiger partial charge in [-0.3, -0.25) is 0 Å². The van der Waals surface area contributed by atoms with E-state index < -0.39 is 6.10 Å². The van der Waals surface area contributed by atoms with Gasteiger partial charge in [0.15, 0.2) is 0 Å². The van der Waals surface area contributed by atoms with Gasteiger partial charge < -0.3 is 14.6 Å². The summed E-state index contributed by atoms with van der Waals surface area (Å²) in [6.45, 7) is 2.28. The predicted molar refractivity (Wildman–Crippen MR) is 59.3 cm³/mol. The molecule has 0 aromatic heterocycles. The molecule has 0 saturated heterocycles. The first-order valence-electron chi connectivity index (χ1n) is 4.98. The maximum atomic E-state index is 9.41. The minimum atomic E-state index is -0.657. The highest BCUT2D eigenvalue weighted by Crippen LogP contribution is 2.19. The average Bonchev–Trinajstić information content (AvgIpc) is 2.28. The summed E-state index contributed by atoms with van der Waals surface area (Å²) < 4.78 is 10.2. The molecule has 0 radical (unpaired) electrons. The van der Waals surface area contributed by atoms with Crippen LogP contribution in [0, 0.1) is 18.3 Å². The molecule has 4 nitrogen and oxygen atoms in total. The molecule has 0 fully saturated rings. The Labute approximate surface area is 95.0 Å². The second kappa shape index (κ2) is 6.11. The molecule has 16 heavy (non-hydrogen) atoms. The molecule has 0 aliphatic carbocycles. The summed E-state index contributed by atoms with van der Waals surface area (Å²) in [5, 5.41) is 18.2. The molecule has 0 saturated carbocycles. The molecule has 4 heteroatoms. The maximum Gasteiger partial charge on any atom is 0.123 e. The number of benzene rings is 1. The number of aliphatic hydroxyl groups excluding tert-OH is 1. The number of nitrogens with zero attached hydrogens (tertiary/aromatic N) is 1. The zero-order chi connectivity index (χ0) is 12.0. The molecule has 1 N–H and O–H groups in total. The van der Waals surface area contributed by atoms with E-state index >= 15 is 0 Å². The van der Waals surface area contributed by atoms with Crippen molar-refractivity contribution in [3.05, 3.63) is 29.3 Å². The molecule has 0 aliphatic rings. The Hall–Kier alpha value is -1.57. The van der Waals surface area contributed by atoms with Crippen molar-refractivity contribution >= 4 is 0 Å². The fourth-order valence-corrected chi connectivity index (χ4v) is 1.25. The molecule has 0 aliphatic heterocycles. The van der Waals surface area contributed by atoms with Crippen molar-refractivity contribution in [1.82, 2.24) is 0 Å². The van der Waals surface area contributed by atoms with E-state index in [0.717, 1.165) is 5.56 Å². The largest absolute Gasteiger partial charge is 0.490 e. The van der Waals surface area contributed by atoms with Crippen LogP contribution in [0.5, 0.6) is 5.75 Å². The smallest absolute Gasteiger partial charge is 0.123 e. The number of aliphatic hydroxyl groups is 1. The van der Waals surface area contributed by atoms with Crippen molar-refractivity contribution in [1.29, 1.82) is 5.26 Å². The highest BCUT2D eigenvalue weighted by Gasteiger charge is 2.06. The zero-order valence-corrected chi connectivity index (χ0v) is 9.43. The topological polar surface area (TPSA) is 62.5 Å². The Morgan fingerprint density at radius 3 is 2.81 bits per heavy atom. The Bertz CT molecular complexity index is 384. The predicted octanol–water partition coefficient (Wildman–Crippen LogP) is 1.25. The summed E-state index contributed by atoms with van der Waals surface area (Å²) in [7, 11) is 1.52. The minimum absolute atomic E-state index is 0.156. The Morgan fingerprint density at radius 1 is 1.44 bits per heavy atom. The Morgan fingerprint density at radius 2 is 2.19 bits per heavy atom. The third-order valence-corrected chi connectivity index (χ3v) is 2.11. The molecule has 0 bridgehead atoms. The van der Waals surface area contributed by atoms with Crippen LogP contribution in [0.4, 0.5) is 0 Å². The van der Waals surface area contributed by atoms with Crippen LogP contribution in [0.1, 0.15) is 11.1 Å². The first-order valence-corrected chi connectivity index (χ1v) is 4.98.